The zero-order valence-corrected chi connectivity index (χ0v) is 21.1. The Labute approximate surface area is 202 Å². The maximum Gasteiger partial charge on any atom is 0.249 e. The predicted molar refractivity (Wildman–Crippen MR) is 127 cm³/mol. The van der Waals surface area contributed by atoms with E-state index in [9.17, 15) is 39.6 Å². The monoisotopic (exact) mass is 511 g/mol. The molecule has 0 bridgehead atoms. The summed E-state index contributed by atoms with van der Waals surface area (Å²) in [6.07, 6.45) is -2.93. The Balaban J connectivity index is 4.36. The van der Waals surface area contributed by atoms with E-state index in [0.717, 1.165) is 23.5 Å². The number of hydrogen-bond donors (Lipinski definition) is 7. The van der Waals surface area contributed by atoms with Gasteiger partial charge in [-0.25, -0.2) is 0 Å². The highest BCUT2D eigenvalue weighted by atomic mass is 32.2. The number of hydrogen-bond acceptors (Lipinski definition) is 11. The van der Waals surface area contributed by atoms with Crippen LogP contribution in [0.25, 0.3) is 0 Å². The number of nitrogens with one attached hydrogen (secondary N) is 2. The van der Waals surface area contributed by atoms with Gasteiger partial charge in [0.25, 0.3) is 0 Å². The summed E-state index contributed by atoms with van der Waals surface area (Å²) in [5.41, 5.74) is 3.60. The molecule has 0 aliphatic carbocycles. The van der Waals surface area contributed by atoms with Gasteiger partial charge < -0.3 is 36.8 Å². The van der Waals surface area contributed by atoms with Crippen LogP contribution >= 0.6 is 23.5 Å². The summed E-state index contributed by atoms with van der Waals surface area (Å²) in [6, 6.07) is 0. The van der Waals surface area contributed by atoms with Crippen LogP contribution < -0.4 is 16.4 Å². The van der Waals surface area contributed by atoms with E-state index in [1.54, 1.807) is 0 Å². The molecule has 0 unspecified atom stereocenters. The van der Waals surface area contributed by atoms with E-state index >= 15 is 0 Å². The molecule has 0 aliphatic heterocycles. The number of aliphatic hydroxyl groups excluding tert-OH is 4. The second-order valence-corrected chi connectivity index (χ2v) is 11.6. The van der Waals surface area contributed by atoms with Crippen molar-refractivity contribution >= 4 is 45.6 Å². The van der Waals surface area contributed by atoms with Crippen LogP contribution in [0.3, 0.4) is 0 Å². The van der Waals surface area contributed by atoms with Gasteiger partial charge in [0.1, 0.15) is 12.2 Å². The minimum absolute atomic E-state index is 0.0162. The van der Waals surface area contributed by atoms with E-state index < -0.39 is 39.4 Å². The van der Waals surface area contributed by atoms with Gasteiger partial charge in [0.2, 0.25) is 11.8 Å². The summed E-state index contributed by atoms with van der Waals surface area (Å²) in [6.45, 7) is 5.36. The second-order valence-electron chi connectivity index (χ2n) is 8.83. The molecule has 33 heavy (non-hydrogen) atoms. The standard InChI is InChI=1S/C20H37N3O8S2/c1-19(2,10-24)15(28)17(30)22-7-5-12(26)32-14(9-21)33-13(27)6-8-23-18(31)16(29)20(3,4)11-25/h14-16,24-25,28-29H,5-11,21H2,1-4H3,(H,22,30)(H,23,31)/t15-,16-/m0/s1. The second kappa shape index (κ2) is 14.9. The summed E-state index contributed by atoms with van der Waals surface area (Å²) < 4.78 is -0.547. The van der Waals surface area contributed by atoms with Crippen LogP contribution in [0.4, 0.5) is 0 Å². The Morgan fingerprint density at radius 1 is 0.788 bits per heavy atom. The first-order chi connectivity index (χ1) is 15.2. The molecule has 11 nitrogen and oxygen atoms in total. The molecule has 192 valence electrons. The van der Waals surface area contributed by atoms with Crippen molar-refractivity contribution in [3.63, 3.8) is 0 Å². The summed E-state index contributed by atoms with van der Waals surface area (Å²) in [4.78, 5) is 48.0. The molecule has 0 radical (unpaired) electrons. The zero-order valence-electron chi connectivity index (χ0n) is 19.5. The molecule has 0 heterocycles. The van der Waals surface area contributed by atoms with Crippen molar-refractivity contribution in [1.82, 2.24) is 10.6 Å². The average molecular weight is 512 g/mol. The normalized spacial score (nSPS) is 14.0. The molecule has 0 aromatic carbocycles. The Hall–Kier alpha value is -1.22. The molecule has 0 aliphatic rings. The van der Waals surface area contributed by atoms with Gasteiger partial charge in [-0.2, -0.15) is 0 Å². The Bertz CT molecular complexity index is 622. The Morgan fingerprint density at radius 3 is 1.39 bits per heavy atom. The molecule has 2 atom stereocenters. The van der Waals surface area contributed by atoms with Crippen LogP contribution in [-0.4, -0.2) is 92.1 Å². The Morgan fingerprint density at radius 2 is 1.12 bits per heavy atom. The van der Waals surface area contributed by atoms with Crippen molar-refractivity contribution in [3.8, 4) is 0 Å². The quantitative estimate of drug-likeness (QED) is 0.127. The first-order valence-corrected chi connectivity index (χ1v) is 12.2. The minimum Gasteiger partial charge on any atom is -0.396 e. The largest absolute Gasteiger partial charge is 0.396 e. The van der Waals surface area contributed by atoms with E-state index in [4.69, 9.17) is 5.73 Å². The number of thioether (sulfide) groups is 2. The van der Waals surface area contributed by atoms with Crippen molar-refractivity contribution in [2.75, 3.05) is 32.8 Å². The molecule has 0 fully saturated rings. The van der Waals surface area contributed by atoms with Crippen molar-refractivity contribution in [3.05, 3.63) is 0 Å². The number of nitrogens with two attached hydrogens (primary N) is 1. The number of carbonyl (C=O) groups excluding carboxylic acids is 4. The first-order valence-electron chi connectivity index (χ1n) is 10.4. The maximum absolute atomic E-state index is 12.1. The van der Waals surface area contributed by atoms with E-state index in [-0.39, 0.29) is 55.9 Å². The minimum atomic E-state index is -1.42. The molecule has 0 saturated heterocycles. The van der Waals surface area contributed by atoms with Crippen molar-refractivity contribution in [1.29, 1.82) is 0 Å². The van der Waals surface area contributed by atoms with E-state index in [1.165, 1.54) is 27.7 Å². The molecule has 0 rings (SSSR count). The lowest BCUT2D eigenvalue weighted by atomic mass is 9.87. The highest BCUT2D eigenvalue weighted by Gasteiger charge is 2.33. The van der Waals surface area contributed by atoms with Crippen molar-refractivity contribution in [2.45, 2.75) is 57.3 Å². The molecule has 0 spiro atoms. The molecular weight excluding hydrogens is 474 g/mol. The topological polar surface area (TPSA) is 199 Å². The van der Waals surface area contributed by atoms with Crippen molar-refractivity contribution in [2.24, 2.45) is 16.6 Å². The number of amides is 2. The fourth-order valence-electron chi connectivity index (χ4n) is 2.18. The van der Waals surface area contributed by atoms with Crippen LogP contribution in [0.15, 0.2) is 0 Å². The van der Waals surface area contributed by atoms with Gasteiger partial charge in [0.05, 0.1) is 17.8 Å². The van der Waals surface area contributed by atoms with Crippen LogP contribution in [0.1, 0.15) is 40.5 Å². The third-order valence-electron chi connectivity index (χ3n) is 4.77. The maximum atomic E-state index is 12.1. The van der Waals surface area contributed by atoms with Gasteiger partial charge in [-0.3, -0.25) is 19.2 Å². The fraction of sp³-hybridized carbons (Fsp3) is 0.800. The van der Waals surface area contributed by atoms with Gasteiger partial charge in [-0.1, -0.05) is 51.2 Å². The zero-order chi connectivity index (χ0) is 25.8. The molecule has 0 aromatic heterocycles. The van der Waals surface area contributed by atoms with E-state index in [1.807, 2.05) is 0 Å². The molecule has 13 heteroatoms. The number of carbonyl (C=O) groups is 4. The van der Waals surface area contributed by atoms with E-state index in [0.29, 0.717) is 0 Å². The molecule has 2 amide bonds. The summed E-state index contributed by atoms with van der Waals surface area (Å²) >= 11 is 1.73. The number of aliphatic hydroxyl groups is 4. The third-order valence-corrected chi connectivity index (χ3v) is 7.19. The van der Waals surface area contributed by atoms with Gasteiger partial charge in [-0.15, -0.1) is 0 Å². The van der Waals surface area contributed by atoms with Gasteiger partial charge in [0.15, 0.2) is 10.2 Å². The van der Waals surface area contributed by atoms with Crippen molar-refractivity contribution < 1.29 is 39.6 Å². The van der Waals surface area contributed by atoms with Gasteiger partial charge >= 0.3 is 0 Å². The first kappa shape index (κ1) is 31.8. The average Bonchev–Trinajstić information content (AvgIpc) is 2.76. The number of rotatable bonds is 15. The third kappa shape index (κ3) is 11.7. The molecule has 0 aromatic rings. The van der Waals surface area contributed by atoms with Gasteiger partial charge in [0, 0.05) is 43.3 Å². The van der Waals surface area contributed by atoms with Crippen LogP contribution in [-0.2, 0) is 19.2 Å². The van der Waals surface area contributed by atoms with Crippen LogP contribution in [0, 0.1) is 10.8 Å². The van der Waals surface area contributed by atoms with Gasteiger partial charge in [-0.05, 0) is 0 Å². The lowest BCUT2D eigenvalue weighted by Crippen LogP contribution is -2.46. The smallest absolute Gasteiger partial charge is 0.249 e. The van der Waals surface area contributed by atoms with E-state index in [2.05, 4.69) is 10.6 Å². The summed E-state index contributed by atoms with van der Waals surface area (Å²) in [7, 11) is 0. The highest BCUT2D eigenvalue weighted by Crippen LogP contribution is 2.26. The lowest BCUT2D eigenvalue weighted by Gasteiger charge is -2.27. The molecule has 0 saturated carbocycles. The summed E-state index contributed by atoms with van der Waals surface area (Å²) in [5, 5.41) is 42.5. The fourth-order valence-corrected chi connectivity index (χ4v) is 4.24. The SMILES string of the molecule is CC(C)(CO)[C@@H](O)C(=O)NCCC(=O)SC(CN)SC(=O)CCNC(=O)[C@H](O)C(C)(C)CO. The Kier molecular flexibility index (Phi) is 14.4. The molecule has 8 N–H and O–H groups in total. The van der Waals surface area contributed by atoms with Crippen LogP contribution in [0.5, 0.6) is 0 Å². The van der Waals surface area contributed by atoms with Crippen LogP contribution in [0.2, 0.25) is 0 Å². The molecular formula is C20H37N3O8S2. The summed E-state index contributed by atoms with van der Waals surface area (Å²) in [5.74, 6) is -1.39. The lowest BCUT2D eigenvalue weighted by molar-refractivity contribution is -0.137. The highest BCUT2D eigenvalue weighted by molar-refractivity contribution is 8.29. The predicted octanol–water partition coefficient (Wildman–Crippen LogP) is -1.44.